The van der Waals surface area contributed by atoms with Gasteiger partial charge in [-0.3, -0.25) is 4.98 Å². The Labute approximate surface area is 126 Å². The van der Waals surface area contributed by atoms with Crippen molar-refractivity contribution in [1.82, 2.24) is 4.98 Å². The second kappa shape index (κ2) is 8.15. The maximum absolute atomic E-state index is 4.57. The third-order valence-corrected chi connectivity index (χ3v) is 4.13. The lowest BCUT2D eigenvalue weighted by atomic mass is 10.1. The first-order valence-corrected chi connectivity index (χ1v) is 8.80. The van der Waals surface area contributed by atoms with Crippen molar-refractivity contribution >= 4 is 28.4 Å². The Bertz CT molecular complexity index is 540. The summed E-state index contributed by atoms with van der Waals surface area (Å²) in [4.78, 5) is 4.57. The van der Waals surface area contributed by atoms with Crippen LogP contribution in [0.1, 0.15) is 31.4 Å². The SMILES string of the molecule is CSCCCCCCNc1cc(C)nc2ccccc12. The first kappa shape index (κ1) is 15.2. The molecule has 0 spiro atoms. The Hall–Kier alpha value is -1.22. The molecule has 0 radical (unpaired) electrons. The van der Waals surface area contributed by atoms with E-state index in [0.29, 0.717) is 0 Å². The summed E-state index contributed by atoms with van der Waals surface area (Å²) in [5, 5.41) is 4.80. The van der Waals surface area contributed by atoms with Crippen molar-refractivity contribution in [2.75, 3.05) is 23.9 Å². The zero-order valence-corrected chi connectivity index (χ0v) is 13.3. The number of hydrogen-bond acceptors (Lipinski definition) is 3. The summed E-state index contributed by atoms with van der Waals surface area (Å²) in [5.74, 6) is 1.29. The predicted molar refractivity (Wildman–Crippen MR) is 91.8 cm³/mol. The van der Waals surface area contributed by atoms with E-state index < -0.39 is 0 Å². The lowest BCUT2D eigenvalue weighted by Gasteiger charge is -2.10. The largest absolute Gasteiger partial charge is 0.384 e. The van der Waals surface area contributed by atoms with Gasteiger partial charge in [0.2, 0.25) is 0 Å². The number of hydrogen-bond donors (Lipinski definition) is 1. The second-order valence-electron chi connectivity index (χ2n) is 5.16. The Morgan fingerprint density at radius 3 is 2.75 bits per heavy atom. The highest BCUT2D eigenvalue weighted by Gasteiger charge is 2.02. The first-order valence-electron chi connectivity index (χ1n) is 7.40. The van der Waals surface area contributed by atoms with Gasteiger partial charge in [-0.25, -0.2) is 0 Å². The van der Waals surface area contributed by atoms with Crippen molar-refractivity contribution in [1.29, 1.82) is 0 Å². The van der Waals surface area contributed by atoms with Crippen LogP contribution < -0.4 is 5.32 Å². The van der Waals surface area contributed by atoms with Crippen LogP contribution in [0.5, 0.6) is 0 Å². The van der Waals surface area contributed by atoms with Crippen LogP contribution in [-0.2, 0) is 0 Å². The van der Waals surface area contributed by atoms with Crippen molar-refractivity contribution in [3.05, 3.63) is 36.0 Å². The molecule has 1 aromatic carbocycles. The summed E-state index contributed by atoms with van der Waals surface area (Å²) in [5.41, 5.74) is 3.37. The van der Waals surface area contributed by atoms with E-state index in [4.69, 9.17) is 0 Å². The summed E-state index contributed by atoms with van der Waals surface area (Å²) < 4.78 is 0. The molecular weight excluding hydrogens is 264 g/mol. The van der Waals surface area contributed by atoms with Crippen molar-refractivity contribution in [2.45, 2.75) is 32.6 Å². The third-order valence-electron chi connectivity index (χ3n) is 3.43. The van der Waals surface area contributed by atoms with Crippen molar-refractivity contribution in [3.8, 4) is 0 Å². The predicted octanol–water partition coefficient (Wildman–Crippen LogP) is 4.88. The molecule has 1 aromatic heterocycles. The summed E-state index contributed by atoms with van der Waals surface area (Å²) in [6, 6.07) is 10.5. The number of para-hydroxylation sites is 1. The van der Waals surface area contributed by atoms with E-state index in [2.05, 4.69) is 47.7 Å². The normalized spacial score (nSPS) is 10.9. The van der Waals surface area contributed by atoms with Gasteiger partial charge in [0.1, 0.15) is 0 Å². The van der Waals surface area contributed by atoms with Crippen LogP contribution in [0.15, 0.2) is 30.3 Å². The van der Waals surface area contributed by atoms with Crippen molar-refractivity contribution < 1.29 is 0 Å². The molecule has 0 fully saturated rings. The Kier molecular flexibility index (Phi) is 6.19. The van der Waals surface area contributed by atoms with E-state index in [-0.39, 0.29) is 0 Å². The lowest BCUT2D eigenvalue weighted by molar-refractivity contribution is 0.689. The Morgan fingerprint density at radius 2 is 1.90 bits per heavy atom. The number of pyridine rings is 1. The molecular formula is C17H24N2S. The molecule has 0 aliphatic carbocycles. The van der Waals surface area contributed by atoms with Crippen LogP contribution in [0, 0.1) is 6.92 Å². The lowest BCUT2D eigenvalue weighted by Crippen LogP contribution is -2.03. The summed E-state index contributed by atoms with van der Waals surface area (Å²) in [6.45, 7) is 3.10. The topological polar surface area (TPSA) is 24.9 Å². The molecule has 0 atom stereocenters. The molecule has 2 nitrogen and oxygen atoms in total. The minimum absolute atomic E-state index is 1.05. The molecule has 0 saturated heterocycles. The minimum Gasteiger partial charge on any atom is -0.384 e. The van der Waals surface area contributed by atoms with Crippen LogP contribution in [0.4, 0.5) is 5.69 Å². The summed E-state index contributed by atoms with van der Waals surface area (Å²) >= 11 is 1.94. The number of fused-ring (bicyclic) bond motifs is 1. The zero-order valence-electron chi connectivity index (χ0n) is 12.5. The van der Waals surface area contributed by atoms with E-state index in [0.717, 1.165) is 17.8 Å². The van der Waals surface area contributed by atoms with Gasteiger partial charge in [-0.05, 0) is 43.9 Å². The number of nitrogens with one attached hydrogen (secondary N) is 1. The molecule has 1 heterocycles. The van der Waals surface area contributed by atoms with E-state index in [1.807, 2.05) is 17.8 Å². The molecule has 3 heteroatoms. The van der Waals surface area contributed by atoms with E-state index in [1.54, 1.807) is 0 Å². The van der Waals surface area contributed by atoms with Crippen molar-refractivity contribution in [2.24, 2.45) is 0 Å². The highest BCUT2D eigenvalue weighted by Crippen LogP contribution is 2.22. The summed E-state index contributed by atoms with van der Waals surface area (Å²) in [7, 11) is 0. The Morgan fingerprint density at radius 1 is 1.10 bits per heavy atom. The van der Waals surface area contributed by atoms with Gasteiger partial charge in [-0.15, -0.1) is 0 Å². The number of aryl methyl sites for hydroxylation is 1. The number of aromatic nitrogens is 1. The highest BCUT2D eigenvalue weighted by molar-refractivity contribution is 7.98. The summed E-state index contributed by atoms with van der Waals surface area (Å²) in [6.07, 6.45) is 7.43. The zero-order chi connectivity index (χ0) is 14.2. The average molecular weight is 288 g/mol. The van der Waals surface area contributed by atoms with Gasteiger partial charge in [0.25, 0.3) is 0 Å². The molecule has 2 rings (SSSR count). The third kappa shape index (κ3) is 4.41. The van der Waals surface area contributed by atoms with Gasteiger partial charge >= 0.3 is 0 Å². The molecule has 1 N–H and O–H groups in total. The quantitative estimate of drug-likeness (QED) is 0.701. The minimum atomic E-state index is 1.05. The number of nitrogens with zero attached hydrogens (tertiary/aromatic N) is 1. The van der Waals surface area contributed by atoms with Gasteiger partial charge in [-0.2, -0.15) is 11.8 Å². The van der Waals surface area contributed by atoms with Gasteiger partial charge < -0.3 is 5.32 Å². The molecule has 0 bridgehead atoms. The van der Waals surface area contributed by atoms with Gasteiger partial charge in [0, 0.05) is 23.3 Å². The van der Waals surface area contributed by atoms with E-state index in [1.165, 1.54) is 42.5 Å². The van der Waals surface area contributed by atoms with Crippen LogP contribution in [-0.4, -0.2) is 23.5 Å². The van der Waals surface area contributed by atoms with Crippen molar-refractivity contribution in [3.63, 3.8) is 0 Å². The standard InChI is InChI=1S/C17H24N2S/c1-14-13-17(15-9-5-6-10-16(15)19-14)18-11-7-3-4-8-12-20-2/h5-6,9-10,13H,3-4,7-8,11-12H2,1-2H3,(H,18,19). The molecule has 0 saturated carbocycles. The second-order valence-corrected chi connectivity index (χ2v) is 6.15. The number of unbranched alkanes of at least 4 members (excludes halogenated alkanes) is 3. The number of anilines is 1. The highest BCUT2D eigenvalue weighted by atomic mass is 32.2. The first-order chi connectivity index (χ1) is 9.81. The number of benzene rings is 1. The van der Waals surface area contributed by atoms with E-state index >= 15 is 0 Å². The molecule has 20 heavy (non-hydrogen) atoms. The molecule has 0 unspecified atom stereocenters. The van der Waals surface area contributed by atoms with Crippen LogP contribution in [0.2, 0.25) is 0 Å². The maximum Gasteiger partial charge on any atom is 0.0725 e. The fourth-order valence-electron chi connectivity index (χ4n) is 2.40. The fourth-order valence-corrected chi connectivity index (χ4v) is 2.89. The number of thioether (sulfide) groups is 1. The smallest absolute Gasteiger partial charge is 0.0725 e. The van der Waals surface area contributed by atoms with Crippen LogP contribution in [0.25, 0.3) is 10.9 Å². The Balaban J connectivity index is 1.86. The van der Waals surface area contributed by atoms with Gasteiger partial charge in [0.05, 0.1) is 5.52 Å². The molecule has 0 amide bonds. The molecule has 0 aliphatic heterocycles. The molecule has 108 valence electrons. The van der Waals surface area contributed by atoms with E-state index in [9.17, 15) is 0 Å². The van der Waals surface area contributed by atoms with Gasteiger partial charge in [0.15, 0.2) is 0 Å². The van der Waals surface area contributed by atoms with Crippen LogP contribution >= 0.6 is 11.8 Å². The fraction of sp³-hybridized carbons (Fsp3) is 0.471. The van der Waals surface area contributed by atoms with Crippen LogP contribution in [0.3, 0.4) is 0 Å². The monoisotopic (exact) mass is 288 g/mol. The molecule has 0 aliphatic rings. The maximum atomic E-state index is 4.57. The molecule has 2 aromatic rings. The number of rotatable bonds is 8. The average Bonchev–Trinajstić information content (AvgIpc) is 2.46. The van der Waals surface area contributed by atoms with Gasteiger partial charge in [-0.1, -0.05) is 31.0 Å².